The molecule has 21 heavy (non-hydrogen) atoms. The molecule has 0 radical (unpaired) electrons. The van der Waals surface area contributed by atoms with E-state index in [9.17, 15) is 19.2 Å². The van der Waals surface area contributed by atoms with E-state index in [2.05, 4.69) is 9.47 Å². The van der Waals surface area contributed by atoms with E-state index in [1.807, 2.05) is 0 Å². The van der Waals surface area contributed by atoms with E-state index in [0.29, 0.717) is 13.0 Å². The molecule has 0 aliphatic carbocycles. The first-order valence-electron chi connectivity index (χ1n) is 5.98. The first-order valence-corrected chi connectivity index (χ1v) is 5.98. The van der Waals surface area contributed by atoms with Gasteiger partial charge >= 0.3 is 11.9 Å². The lowest BCUT2D eigenvalue weighted by Crippen LogP contribution is -2.37. The number of hydrogen-bond acceptors (Lipinski definition) is 8. The van der Waals surface area contributed by atoms with Crippen LogP contribution in [0.2, 0.25) is 0 Å². The second-order valence-corrected chi connectivity index (χ2v) is 4.03. The predicted octanol–water partition coefficient (Wildman–Crippen LogP) is -1.59. The second kappa shape index (κ2) is 11.6. The Hall–Kier alpha value is -2.20. The van der Waals surface area contributed by atoms with E-state index in [0.717, 1.165) is 0 Å². The zero-order valence-corrected chi connectivity index (χ0v) is 11.3. The van der Waals surface area contributed by atoms with Gasteiger partial charge in [0.25, 0.3) is 12.9 Å². The molecular weight excluding hydrogens is 288 g/mol. The standard InChI is InChI=1S/C11H18N2O8/c14-8-20-6-13(7-21-9-15)3-1-2-12(4-10(16)17)5-11(18)19/h8-9H,1-7H2,(H,16,17)(H,18,19). The van der Waals surface area contributed by atoms with Crippen LogP contribution in [0, 0.1) is 0 Å². The minimum Gasteiger partial charge on any atom is -0.480 e. The van der Waals surface area contributed by atoms with Crippen LogP contribution in [0.4, 0.5) is 0 Å². The van der Waals surface area contributed by atoms with Crippen molar-refractivity contribution in [2.75, 3.05) is 39.6 Å². The minimum atomic E-state index is -1.12. The fraction of sp³-hybridized carbons (Fsp3) is 0.636. The van der Waals surface area contributed by atoms with Crippen LogP contribution in [-0.2, 0) is 28.7 Å². The van der Waals surface area contributed by atoms with Crippen molar-refractivity contribution in [1.82, 2.24) is 9.80 Å². The number of ether oxygens (including phenoxy) is 2. The molecular formula is C11H18N2O8. The number of carbonyl (C=O) groups excluding carboxylic acids is 2. The molecule has 0 unspecified atom stereocenters. The van der Waals surface area contributed by atoms with Crippen molar-refractivity contribution < 1.29 is 38.9 Å². The first kappa shape index (κ1) is 18.8. The van der Waals surface area contributed by atoms with Crippen LogP contribution in [0.15, 0.2) is 0 Å². The Kier molecular flexibility index (Phi) is 10.4. The van der Waals surface area contributed by atoms with Crippen molar-refractivity contribution in [2.24, 2.45) is 0 Å². The molecule has 0 spiro atoms. The summed E-state index contributed by atoms with van der Waals surface area (Å²) in [5.74, 6) is -2.25. The largest absolute Gasteiger partial charge is 0.480 e. The van der Waals surface area contributed by atoms with Crippen LogP contribution >= 0.6 is 0 Å². The summed E-state index contributed by atoms with van der Waals surface area (Å²) >= 11 is 0. The molecule has 0 bridgehead atoms. The molecule has 0 aliphatic heterocycles. The van der Waals surface area contributed by atoms with E-state index in [4.69, 9.17) is 10.2 Å². The lowest BCUT2D eigenvalue weighted by atomic mass is 10.3. The smallest absolute Gasteiger partial charge is 0.317 e. The third kappa shape index (κ3) is 11.3. The molecule has 0 amide bonds. The van der Waals surface area contributed by atoms with Crippen molar-refractivity contribution in [3.63, 3.8) is 0 Å². The van der Waals surface area contributed by atoms with Crippen molar-refractivity contribution in [1.29, 1.82) is 0 Å². The fourth-order valence-corrected chi connectivity index (χ4v) is 1.55. The van der Waals surface area contributed by atoms with Crippen LogP contribution < -0.4 is 0 Å². The fourth-order valence-electron chi connectivity index (χ4n) is 1.55. The molecule has 0 aromatic heterocycles. The van der Waals surface area contributed by atoms with Crippen LogP contribution in [0.1, 0.15) is 6.42 Å². The number of aliphatic carboxylic acids is 2. The average Bonchev–Trinajstić information content (AvgIpc) is 2.39. The summed E-state index contributed by atoms with van der Waals surface area (Å²) in [4.78, 5) is 44.2. The number of carbonyl (C=O) groups is 4. The summed E-state index contributed by atoms with van der Waals surface area (Å²) in [6.45, 7) is 0.0905. The Morgan fingerprint density at radius 2 is 1.29 bits per heavy atom. The highest BCUT2D eigenvalue weighted by Gasteiger charge is 2.14. The van der Waals surface area contributed by atoms with Crippen molar-refractivity contribution in [3.05, 3.63) is 0 Å². The number of carboxylic acid groups (broad SMARTS) is 2. The average molecular weight is 306 g/mol. The molecule has 120 valence electrons. The van der Waals surface area contributed by atoms with Crippen molar-refractivity contribution >= 4 is 24.9 Å². The zero-order valence-electron chi connectivity index (χ0n) is 11.3. The Labute approximate surface area is 120 Å². The van der Waals surface area contributed by atoms with Gasteiger partial charge in [-0.1, -0.05) is 0 Å². The topological polar surface area (TPSA) is 134 Å². The summed E-state index contributed by atoms with van der Waals surface area (Å²) in [6.07, 6.45) is 0.408. The maximum absolute atomic E-state index is 10.6. The van der Waals surface area contributed by atoms with E-state index < -0.39 is 11.9 Å². The van der Waals surface area contributed by atoms with Gasteiger partial charge in [-0.15, -0.1) is 0 Å². The molecule has 10 heteroatoms. The molecule has 0 saturated carbocycles. The van der Waals surface area contributed by atoms with Crippen molar-refractivity contribution in [3.8, 4) is 0 Å². The molecule has 0 aromatic carbocycles. The lowest BCUT2D eigenvalue weighted by Gasteiger charge is -2.22. The highest BCUT2D eigenvalue weighted by atomic mass is 16.6. The molecule has 0 fully saturated rings. The Bertz CT molecular complexity index is 321. The van der Waals surface area contributed by atoms with Gasteiger partial charge in [-0.05, 0) is 6.42 Å². The monoisotopic (exact) mass is 306 g/mol. The summed E-state index contributed by atoms with van der Waals surface area (Å²) in [7, 11) is 0. The Balaban J connectivity index is 4.20. The van der Waals surface area contributed by atoms with E-state index in [1.54, 1.807) is 0 Å². The highest BCUT2D eigenvalue weighted by Crippen LogP contribution is 1.97. The van der Waals surface area contributed by atoms with Gasteiger partial charge in [-0.25, -0.2) is 4.90 Å². The van der Waals surface area contributed by atoms with Gasteiger partial charge in [0.15, 0.2) is 0 Å². The van der Waals surface area contributed by atoms with Crippen LogP contribution in [0.5, 0.6) is 0 Å². The minimum absolute atomic E-state index is 0.0881. The number of carboxylic acids is 2. The third-order valence-corrected chi connectivity index (χ3v) is 2.32. The number of hydrogen-bond donors (Lipinski definition) is 2. The van der Waals surface area contributed by atoms with Gasteiger partial charge in [0.2, 0.25) is 0 Å². The second-order valence-electron chi connectivity index (χ2n) is 4.03. The zero-order chi connectivity index (χ0) is 16.1. The maximum atomic E-state index is 10.6. The number of nitrogens with zero attached hydrogens (tertiary/aromatic N) is 2. The van der Waals surface area contributed by atoms with E-state index in [1.165, 1.54) is 9.80 Å². The summed E-state index contributed by atoms with van der Waals surface area (Å²) in [5, 5.41) is 17.3. The number of rotatable bonds is 14. The molecule has 0 saturated heterocycles. The quantitative estimate of drug-likeness (QED) is 0.286. The summed E-state index contributed by atoms with van der Waals surface area (Å²) in [5.41, 5.74) is 0. The van der Waals surface area contributed by atoms with Crippen molar-refractivity contribution in [2.45, 2.75) is 6.42 Å². The summed E-state index contributed by atoms with van der Waals surface area (Å²) < 4.78 is 9.05. The predicted molar refractivity (Wildman–Crippen MR) is 67.1 cm³/mol. The molecule has 0 rings (SSSR count). The van der Waals surface area contributed by atoms with E-state index in [-0.39, 0.29) is 46.0 Å². The maximum Gasteiger partial charge on any atom is 0.317 e. The SMILES string of the molecule is O=COCN(CCCN(CC(=O)O)CC(=O)O)COC=O. The molecule has 2 N–H and O–H groups in total. The van der Waals surface area contributed by atoms with Crippen LogP contribution in [-0.4, -0.2) is 84.5 Å². The van der Waals surface area contributed by atoms with Gasteiger partial charge in [0, 0.05) is 13.1 Å². The molecule has 0 aliphatic rings. The lowest BCUT2D eigenvalue weighted by molar-refractivity contribution is -0.144. The molecule has 10 nitrogen and oxygen atoms in total. The molecule has 0 heterocycles. The van der Waals surface area contributed by atoms with Crippen LogP contribution in [0.3, 0.4) is 0 Å². The van der Waals surface area contributed by atoms with Gasteiger partial charge < -0.3 is 19.7 Å². The van der Waals surface area contributed by atoms with Gasteiger partial charge in [-0.2, -0.15) is 0 Å². The third-order valence-electron chi connectivity index (χ3n) is 2.32. The Morgan fingerprint density at radius 3 is 1.67 bits per heavy atom. The summed E-state index contributed by atoms with van der Waals surface area (Å²) in [6, 6.07) is 0. The highest BCUT2D eigenvalue weighted by molar-refractivity contribution is 5.72. The molecule has 0 aromatic rings. The van der Waals surface area contributed by atoms with E-state index >= 15 is 0 Å². The normalized spacial score (nSPS) is 10.4. The first-order chi connectivity index (χ1) is 9.99. The van der Waals surface area contributed by atoms with Gasteiger partial charge in [0.05, 0.1) is 13.1 Å². The van der Waals surface area contributed by atoms with Gasteiger partial charge in [0.1, 0.15) is 13.5 Å². The van der Waals surface area contributed by atoms with Crippen LogP contribution in [0.25, 0.3) is 0 Å². The van der Waals surface area contributed by atoms with Gasteiger partial charge in [-0.3, -0.25) is 24.1 Å². The molecule has 0 atom stereocenters. The Morgan fingerprint density at radius 1 is 0.857 bits per heavy atom.